The summed E-state index contributed by atoms with van der Waals surface area (Å²) in [6, 6.07) is 16.1. The van der Waals surface area contributed by atoms with Gasteiger partial charge in [-0.15, -0.1) is 0 Å². The van der Waals surface area contributed by atoms with Crippen LogP contribution in [0.15, 0.2) is 53.1 Å². The average Bonchev–Trinajstić information content (AvgIpc) is 2.91. The van der Waals surface area contributed by atoms with E-state index in [4.69, 9.17) is 16.1 Å². The normalized spacial score (nSPS) is 12.8. The van der Waals surface area contributed by atoms with Gasteiger partial charge in [0.05, 0.1) is 0 Å². The summed E-state index contributed by atoms with van der Waals surface area (Å²) in [4.78, 5) is 0. The molecule has 1 aromatic heterocycles. The molecule has 4 rings (SSSR count). The molecule has 0 radical (unpaired) electrons. The minimum Gasteiger partial charge on any atom is -0.355 e. The number of aryl methyl sites for hydroxylation is 1. The standard InChI is InChI=1S/C17H12ClNO/c18-13-6-3-5-12(10-13)17-15-9-8-11-4-1-2-7-14(11)16(15)19-20-17/h1-7,10H,8-9H2. The van der Waals surface area contributed by atoms with E-state index in [2.05, 4.69) is 23.4 Å². The number of hydrogen-bond acceptors (Lipinski definition) is 2. The van der Waals surface area contributed by atoms with Gasteiger partial charge in [-0.25, -0.2) is 0 Å². The van der Waals surface area contributed by atoms with Crippen LogP contribution in [0.3, 0.4) is 0 Å². The number of aromatic nitrogens is 1. The maximum atomic E-state index is 6.06. The smallest absolute Gasteiger partial charge is 0.170 e. The van der Waals surface area contributed by atoms with Gasteiger partial charge in [-0.05, 0) is 30.5 Å². The van der Waals surface area contributed by atoms with Crippen molar-refractivity contribution in [1.82, 2.24) is 5.16 Å². The molecule has 98 valence electrons. The third-order valence-corrected chi connectivity index (χ3v) is 4.03. The highest BCUT2D eigenvalue weighted by molar-refractivity contribution is 6.30. The van der Waals surface area contributed by atoms with Gasteiger partial charge in [0.25, 0.3) is 0 Å². The van der Waals surface area contributed by atoms with Crippen LogP contribution in [0.25, 0.3) is 22.6 Å². The Labute approximate surface area is 122 Å². The molecule has 0 fully saturated rings. The second kappa shape index (κ2) is 4.50. The fourth-order valence-corrected chi connectivity index (χ4v) is 3.03. The van der Waals surface area contributed by atoms with E-state index in [-0.39, 0.29) is 0 Å². The molecular formula is C17H12ClNO. The van der Waals surface area contributed by atoms with E-state index in [1.54, 1.807) is 0 Å². The van der Waals surface area contributed by atoms with Crippen LogP contribution in [0.1, 0.15) is 11.1 Å². The van der Waals surface area contributed by atoms with Gasteiger partial charge in [-0.3, -0.25) is 0 Å². The minimum absolute atomic E-state index is 0.712. The molecule has 2 aromatic carbocycles. The van der Waals surface area contributed by atoms with E-state index in [9.17, 15) is 0 Å². The lowest BCUT2D eigenvalue weighted by molar-refractivity contribution is 0.434. The molecule has 3 aromatic rings. The van der Waals surface area contributed by atoms with Crippen molar-refractivity contribution in [2.75, 3.05) is 0 Å². The molecule has 0 atom stereocenters. The number of nitrogens with zero attached hydrogens (tertiary/aromatic N) is 1. The SMILES string of the molecule is Clc1cccc(-c2onc3c2CCc2ccccc2-3)c1. The van der Waals surface area contributed by atoms with Gasteiger partial charge < -0.3 is 4.52 Å². The molecule has 0 bridgehead atoms. The first-order valence-electron chi connectivity index (χ1n) is 6.66. The first-order valence-corrected chi connectivity index (χ1v) is 7.03. The van der Waals surface area contributed by atoms with Crippen LogP contribution >= 0.6 is 11.6 Å². The molecule has 0 N–H and O–H groups in total. The summed E-state index contributed by atoms with van der Waals surface area (Å²) in [5.41, 5.74) is 5.68. The highest BCUT2D eigenvalue weighted by Gasteiger charge is 2.24. The number of halogens is 1. The summed E-state index contributed by atoms with van der Waals surface area (Å²) < 4.78 is 5.61. The zero-order chi connectivity index (χ0) is 13.5. The van der Waals surface area contributed by atoms with Gasteiger partial charge in [-0.2, -0.15) is 0 Å². The zero-order valence-corrected chi connectivity index (χ0v) is 11.5. The van der Waals surface area contributed by atoms with Crippen LogP contribution in [0.5, 0.6) is 0 Å². The van der Waals surface area contributed by atoms with E-state index >= 15 is 0 Å². The maximum absolute atomic E-state index is 6.06. The number of rotatable bonds is 1. The quantitative estimate of drug-likeness (QED) is 0.643. The molecule has 0 aliphatic heterocycles. The van der Waals surface area contributed by atoms with Crippen LogP contribution in [0, 0.1) is 0 Å². The molecule has 0 saturated carbocycles. The molecule has 2 nitrogen and oxygen atoms in total. The highest BCUT2D eigenvalue weighted by atomic mass is 35.5. The molecule has 1 heterocycles. The summed E-state index contributed by atoms with van der Waals surface area (Å²) in [7, 11) is 0. The van der Waals surface area contributed by atoms with E-state index in [0.717, 1.165) is 29.9 Å². The Morgan fingerprint density at radius 1 is 1.00 bits per heavy atom. The predicted octanol–water partition coefficient (Wildman–Crippen LogP) is 4.76. The van der Waals surface area contributed by atoms with E-state index in [1.165, 1.54) is 16.7 Å². The lowest BCUT2D eigenvalue weighted by Gasteiger charge is -2.14. The van der Waals surface area contributed by atoms with Gasteiger partial charge in [0.15, 0.2) is 5.76 Å². The van der Waals surface area contributed by atoms with Gasteiger partial charge in [0, 0.05) is 21.7 Å². The van der Waals surface area contributed by atoms with Gasteiger partial charge in [0.2, 0.25) is 0 Å². The van der Waals surface area contributed by atoms with Crippen molar-refractivity contribution in [3.8, 4) is 22.6 Å². The van der Waals surface area contributed by atoms with Gasteiger partial charge in [0.1, 0.15) is 5.69 Å². The molecule has 0 amide bonds. The van der Waals surface area contributed by atoms with Crippen LogP contribution in [-0.2, 0) is 12.8 Å². The van der Waals surface area contributed by atoms with E-state index < -0.39 is 0 Å². The third kappa shape index (κ3) is 1.76. The summed E-state index contributed by atoms with van der Waals surface area (Å²) in [5, 5.41) is 5.00. The molecule has 0 saturated heterocycles. The van der Waals surface area contributed by atoms with E-state index in [1.807, 2.05) is 30.3 Å². The van der Waals surface area contributed by atoms with Crippen LogP contribution < -0.4 is 0 Å². The Balaban J connectivity index is 1.90. The Hall–Kier alpha value is -2.06. The topological polar surface area (TPSA) is 26.0 Å². The number of fused-ring (bicyclic) bond motifs is 3. The fourth-order valence-electron chi connectivity index (χ4n) is 2.84. The summed E-state index contributed by atoms with van der Waals surface area (Å²) >= 11 is 6.06. The van der Waals surface area contributed by atoms with E-state index in [0.29, 0.717) is 5.02 Å². The maximum Gasteiger partial charge on any atom is 0.170 e. The van der Waals surface area contributed by atoms with Crippen LogP contribution in [0.4, 0.5) is 0 Å². The molecular weight excluding hydrogens is 270 g/mol. The van der Waals surface area contributed by atoms with Crippen molar-refractivity contribution in [3.05, 3.63) is 64.7 Å². The molecule has 1 aliphatic rings. The summed E-state index contributed by atoms with van der Waals surface area (Å²) in [6.45, 7) is 0. The Morgan fingerprint density at radius 3 is 2.80 bits per heavy atom. The van der Waals surface area contributed by atoms with Gasteiger partial charge >= 0.3 is 0 Å². The monoisotopic (exact) mass is 281 g/mol. The fraction of sp³-hybridized carbons (Fsp3) is 0.118. The van der Waals surface area contributed by atoms with Crippen LogP contribution in [-0.4, -0.2) is 5.16 Å². The lowest BCUT2D eigenvalue weighted by Crippen LogP contribution is -2.03. The second-order valence-corrected chi connectivity index (χ2v) is 5.44. The Kier molecular flexibility index (Phi) is 2.64. The van der Waals surface area contributed by atoms with Crippen LogP contribution in [0.2, 0.25) is 5.02 Å². The lowest BCUT2D eigenvalue weighted by atomic mass is 9.88. The van der Waals surface area contributed by atoms with Crippen molar-refractivity contribution in [1.29, 1.82) is 0 Å². The number of benzene rings is 2. The molecule has 0 spiro atoms. The van der Waals surface area contributed by atoms with Crippen molar-refractivity contribution < 1.29 is 4.52 Å². The first kappa shape index (κ1) is 11.7. The van der Waals surface area contributed by atoms with Gasteiger partial charge in [-0.1, -0.05) is 53.2 Å². The highest BCUT2D eigenvalue weighted by Crippen LogP contribution is 2.38. The summed E-state index contributed by atoms with van der Waals surface area (Å²) in [5.74, 6) is 0.844. The Morgan fingerprint density at radius 2 is 1.90 bits per heavy atom. The number of hydrogen-bond donors (Lipinski definition) is 0. The minimum atomic E-state index is 0.712. The molecule has 0 unspecified atom stereocenters. The molecule has 1 aliphatic carbocycles. The molecule has 20 heavy (non-hydrogen) atoms. The van der Waals surface area contributed by atoms with Crippen molar-refractivity contribution in [2.24, 2.45) is 0 Å². The second-order valence-electron chi connectivity index (χ2n) is 5.01. The average molecular weight is 282 g/mol. The Bertz CT molecular complexity index is 791. The molecule has 3 heteroatoms. The van der Waals surface area contributed by atoms with Crippen molar-refractivity contribution in [3.63, 3.8) is 0 Å². The first-order chi connectivity index (χ1) is 9.83. The largest absolute Gasteiger partial charge is 0.355 e. The van der Waals surface area contributed by atoms with Crippen molar-refractivity contribution >= 4 is 11.6 Å². The third-order valence-electron chi connectivity index (χ3n) is 3.79. The predicted molar refractivity (Wildman–Crippen MR) is 79.8 cm³/mol. The van der Waals surface area contributed by atoms with Crippen molar-refractivity contribution in [2.45, 2.75) is 12.8 Å². The zero-order valence-electron chi connectivity index (χ0n) is 10.8. The summed E-state index contributed by atoms with van der Waals surface area (Å²) in [6.07, 6.45) is 1.98.